The van der Waals surface area contributed by atoms with E-state index in [1.165, 1.54) is 18.2 Å². The Morgan fingerprint density at radius 3 is 2.62 bits per heavy atom. The average molecular weight is 357 g/mol. The van der Waals surface area contributed by atoms with Crippen molar-refractivity contribution >= 4 is 33.2 Å². The van der Waals surface area contributed by atoms with Crippen LogP contribution in [0.3, 0.4) is 0 Å². The predicted molar refractivity (Wildman–Crippen MR) is 79.6 cm³/mol. The summed E-state index contributed by atoms with van der Waals surface area (Å²) in [5, 5.41) is 2.59. The Kier molecular flexibility index (Phi) is 4.74. The van der Waals surface area contributed by atoms with Gasteiger partial charge in [0.15, 0.2) is 0 Å². The zero-order chi connectivity index (χ0) is 15.4. The van der Waals surface area contributed by atoms with E-state index in [1.54, 1.807) is 24.3 Å². The highest BCUT2D eigenvalue weighted by Gasteiger charge is 2.15. The molecular formula is C14H11BrF2N2O2. The van der Waals surface area contributed by atoms with Crippen LogP contribution in [-0.2, 0) is 0 Å². The van der Waals surface area contributed by atoms with Gasteiger partial charge >= 0.3 is 6.61 Å². The summed E-state index contributed by atoms with van der Waals surface area (Å²) in [4.78, 5) is 12.1. The number of halogens is 3. The van der Waals surface area contributed by atoms with Crippen molar-refractivity contribution in [2.24, 2.45) is 0 Å². The molecule has 1 amide bonds. The molecule has 0 bridgehead atoms. The van der Waals surface area contributed by atoms with Crippen molar-refractivity contribution in [3.05, 3.63) is 52.5 Å². The lowest BCUT2D eigenvalue weighted by Gasteiger charge is -2.11. The van der Waals surface area contributed by atoms with Gasteiger partial charge in [-0.15, -0.1) is 0 Å². The summed E-state index contributed by atoms with van der Waals surface area (Å²) >= 11 is 3.24. The second kappa shape index (κ2) is 6.53. The number of alkyl halides is 2. The number of anilines is 2. The minimum absolute atomic E-state index is 0.0192. The van der Waals surface area contributed by atoms with Crippen LogP contribution in [0.4, 0.5) is 20.2 Å². The van der Waals surface area contributed by atoms with Crippen molar-refractivity contribution in [1.29, 1.82) is 0 Å². The molecule has 0 heterocycles. The molecule has 0 saturated carbocycles. The summed E-state index contributed by atoms with van der Waals surface area (Å²) in [5.41, 5.74) is 6.67. The summed E-state index contributed by atoms with van der Waals surface area (Å²) in [5.74, 6) is -0.734. The fraction of sp³-hybridized carbons (Fsp3) is 0.0714. The van der Waals surface area contributed by atoms with Gasteiger partial charge in [0.05, 0.1) is 5.56 Å². The molecule has 2 aromatic rings. The minimum Gasteiger partial charge on any atom is -0.434 e. The van der Waals surface area contributed by atoms with E-state index < -0.39 is 12.5 Å². The molecule has 3 N–H and O–H groups in total. The fourth-order valence-electron chi connectivity index (χ4n) is 1.66. The summed E-state index contributed by atoms with van der Waals surface area (Å²) in [6.07, 6.45) is 0. The second-order valence-corrected chi connectivity index (χ2v) is 4.92. The molecule has 0 saturated heterocycles. The van der Waals surface area contributed by atoms with E-state index in [2.05, 4.69) is 26.0 Å². The van der Waals surface area contributed by atoms with Gasteiger partial charge in [-0.05, 0) is 46.3 Å². The van der Waals surface area contributed by atoms with Gasteiger partial charge in [0.2, 0.25) is 0 Å². The van der Waals surface area contributed by atoms with E-state index in [9.17, 15) is 13.6 Å². The number of benzene rings is 2. The highest BCUT2D eigenvalue weighted by molar-refractivity contribution is 9.10. The monoisotopic (exact) mass is 356 g/mol. The van der Waals surface area contributed by atoms with E-state index in [0.29, 0.717) is 15.8 Å². The lowest BCUT2D eigenvalue weighted by atomic mass is 10.2. The van der Waals surface area contributed by atoms with Crippen molar-refractivity contribution in [3.63, 3.8) is 0 Å². The molecule has 0 aliphatic rings. The smallest absolute Gasteiger partial charge is 0.387 e. The first kappa shape index (κ1) is 15.2. The number of amides is 1. The van der Waals surface area contributed by atoms with Crippen LogP contribution in [0.2, 0.25) is 0 Å². The van der Waals surface area contributed by atoms with Crippen LogP contribution < -0.4 is 15.8 Å². The first-order valence-electron chi connectivity index (χ1n) is 5.87. The number of nitrogens with one attached hydrogen (secondary N) is 1. The number of carbonyl (C=O) groups excluding carboxylic acids is 1. The Hall–Kier alpha value is -2.15. The molecule has 110 valence electrons. The van der Waals surface area contributed by atoms with Crippen molar-refractivity contribution in [1.82, 2.24) is 0 Å². The third-order valence-corrected chi connectivity index (χ3v) is 3.29. The number of ether oxygens (including phenoxy) is 1. The quantitative estimate of drug-likeness (QED) is 0.817. The number of hydrogen-bond donors (Lipinski definition) is 2. The first-order valence-corrected chi connectivity index (χ1v) is 6.67. The van der Waals surface area contributed by atoms with Gasteiger partial charge in [-0.2, -0.15) is 8.78 Å². The molecule has 0 radical (unpaired) electrons. The highest BCUT2D eigenvalue weighted by atomic mass is 79.9. The SMILES string of the molecule is Nc1ccc(NC(=O)c2ccccc2OC(F)F)cc1Br. The maximum atomic E-state index is 12.3. The number of carbonyl (C=O) groups is 1. The molecule has 0 atom stereocenters. The van der Waals surface area contributed by atoms with Crippen LogP contribution in [0, 0.1) is 0 Å². The number of para-hydroxylation sites is 1. The molecule has 0 spiro atoms. The molecule has 2 rings (SSSR count). The van der Waals surface area contributed by atoms with Gasteiger partial charge in [0.25, 0.3) is 5.91 Å². The fourth-order valence-corrected chi connectivity index (χ4v) is 2.04. The molecule has 2 aromatic carbocycles. The van der Waals surface area contributed by atoms with Crippen molar-refractivity contribution in [2.75, 3.05) is 11.1 Å². The molecular weight excluding hydrogens is 346 g/mol. The number of nitrogen functional groups attached to an aromatic ring is 1. The zero-order valence-electron chi connectivity index (χ0n) is 10.6. The second-order valence-electron chi connectivity index (χ2n) is 4.07. The zero-order valence-corrected chi connectivity index (χ0v) is 12.2. The summed E-state index contributed by atoms with van der Waals surface area (Å²) in [6.45, 7) is -3.00. The Morgan fingerprint density at radius 2 is 1.95 bits per heavy atom. The van der Waals surface area contributed by atoms with Crippen LogP contribution in [0.1, 0.15) is 10.4 Å². The number of nitrogens with two attached hydrogens (primary N) is 1. The minimum atomic E-state index is -3.00. The standard InChI is InChI=1S/C14H11BrF2N2O2/c15-10-7-8(5-6-11(10)18)19-13(20)9-3-1-2-4-12(9)21-14(16)17/h1-7,14H,18H2,(H,19,20). The Morgan fingerprint density at radius 1 is 1.24 bits per heavy atom. The van der Waals surface area contributed by atoms with E-state index in [-0.39, 0.29) is 11.3 Å². The number of rotatable bonds is 4. The molecule has 0 fully saturated rings. The van der Waals surface area contributed by atoms with Crippen LogP contribution in [0.25, 0.3) is 0 Å². The van der Waals surface area contributed by atoms with Gasteiger partial charge in [0, 0.05) is 15.8 Å². The topological polar surface area (TPSA) is 64.3 Å². The molecule has 0 unspecified atom stereocenters. The third-order valence-electron chi connectivity index (χ3n) is 2.61. The van der Waals surface area contributed by atoms with Crippen LogP contribution in [0.5, 0.6) is 5.75 Å². The normalized spacial score (nSPS) is 10.5. The van der Waals surface area contributed by atoms with E-state index in [1.807, 2.05) is 0 Å². The lowest BCUT2D eigenvalue weighted by molar-refractivity contribution is -0.0501. The van der Waals surface area contributed by atoms with Crippen LogP contribution >= 0.6 is 15.9 Å². The molecule has 21 heavy (non-hydrogen) atoms. The molecule has 0 aromatic heterocycles. The van der Waals surface area contributed by atoms with Crippen molar-refractivity contribution in [3.8, 4) is 5.75 Å². The molecule has 7 heteroatoms. The first-order chi connectivity index (χ1) is 9.97. The van der Waals surface area contributed by atoms with E-state index >= 15 is 0 Å². The average Bonchev–Trinajstić information content (AvgIpc) is 2.43. The predicted octanol–water partition coefficient (Wildman–Crippen LogP) is 3.89. The summed E-state index contributed by atoms with van der Waals surface area (Å²) in [6, 6.07) is 10.6. The van der Waals surface area contributed by atoms with E-state index in [4.69, 9.17) is 5.73 Å². The maximum absolute atomic E-state index is 12.3. The van der Waals surface area contributed by atoms with Crippen LogP contribution in [0.15, 0.2) is 46.9 Å². The summed E-state index contributed by atoms with van der Waals surface area (Å²) < 4.78 is 29.6. The largest absolute Gasteiger partial charge is 0.434 e. The number of hydrogen-bond acceptors (Lipinski definition) is 3. The highest BCUT2D eigenvalue weighted by Crippen LogP contribution is 2.25. The Labute approximate surface area is 128 Å². The van der Waals surface area contributed by atoms with Gasteiger partial charge in [0.1, 0.15) is 5.75 Å². The van der Waals surface area contributed by atoms with E-state index in [0.717, 1.165) is 0 Å². The van der Waals surface area contributed by atoms with Gasteiger partial charge in [-0.3, -0.25) is 4.79 Å². The Bertz CT molecular complexity index is 665. The third kappa shape index (κ3) is 3.91. The molecule has 0 aliphatic heterocycles. The maximum Gasteiger partial charge on any atom is 0.387 e. The summed E-state index contributed by atoms with van der Waals surface area (Å²) in [7, 11) is 0. The molecule has 0 aliphatic carbocycles. The van der Waals surface area contributed by atoms with Gasteiger partial charge in [-0.1, -0.05) is 12.1 Å². The molecule has 4 nitrogen and oxygen atoms in total. The van der Waals surface area contributed by atoms with Gasteiger partial charge < -0.3 is 15.8 Å². The van der Waals surface area contributed by atoms with Crippen LogP contribution in [-0.4, -0.2) is 12.5 Å². The van der Waals surface area contributed by atoms with Crippen molar-refractivity contribution in [2.45, 2.75) is 6.61 Å². The Balaban J connectivity index is 2.22. The lowest BCUT2D eigenvalue weighted by Crippen LogP contribution is -2.15. The van der Waals surface area contributed by atoms with Crippen molar-refractivity contribution < 1.29 is 18.3 Å². The van der Waals surface area contributed by atoms with Gasteiger partial charge in [-0.25, -0.2) is 0 Å².